The maximum absolute atomic E-state index is 12.9. The highest BCUT2D eigenvalue weighted by Crippen LogP contribution is 2.24. The number of likely N-dealkylation sites (tertiary alicyclic amines) is 1. The lowest BCUT2D eigenvalue weighted by Gasteiger charge is -2.33. The highest BCUT2D eigenvalue weighted by Gasteiger charge is 2.25. The lowest BCUT2D eigenvalue weighted by atomic mass is 10.1. The first kappa shape index (κ1) is 21.0. The monoisotopic (exact) mass is 425 g/mol. The van der Waals surface area contributed by atoms with Gasteiger partial charge in [0.2, 0.25) is 0 Å². The van der Waals surface area contributed by atoms with Crippen molar-refractivity contribution >= 4 is 16.9 Å². The van der Waals surface area contributed by atoms with E-state index < -0.39 is 11.2 Å². The lowest BCUT2D eigenvalue weighted by Crippen LogP contribution is -2.40. The molecule has 1 atom stereocenters. The van der Waals surface area contributed by atoms with Gasteiger partial charge in [0, 0.05) is 19.3 Å². The molecular weight excluding hydrogens is 398 g/mol. The Morgan fingerprint density at radius 3 is 2.81 bits per heavy atom. The van der Waals surface area contributed by atoms with E-state index in [0.717, 1.165) is 38.1 Å². The third-order valence-corrected chi connectivity index (χ3v) is 5.70. The SMILES string of the molecule is CCCn1c(=O)[nH]c(=O)c2cc(C(=O)NCC(c3ccco3)N3CCCCC3)cnc21. The fourth-order valence-corrected chi connectivity index (χ4v) is 4.14. The van der Waals surface area contributed by atoms with E-state index in [4.69, 9.17) is 4.42 Å². The molecular formula is C22H27N5O4. The van der Waals surface area contributed by atoms with E-state index in [1.54, 1.807) is 6.26 Å². The topological polar surface area (TPSA) is 113 Å². The summed E-state index contributed by atoms with van der Waals surface area (Å²) in [4.78, 5) is 46.1. The number of H-pyrrole nitrogens is 1. The van der Waals surface area contributed by atoms with Gasteiger partial charge < -0.3 is 9.73 Å². The predicted octanol–water partition coefficient (Wildman–Crippen LogP) is 2.04. The molecule has 1 fully saturated rings. The molecule has 1 aliphatic rings. The summed E-state index contributed by atoms with van der Waals surface area (Å²) in [6.45, 7) is 4.68. The molecule has 3 aromatic rings. The Kier molecular flexibility index (Phi) is 6.31. The molecule has 0 aromatic carbocycles. The third-order valence-electron chi connectivity index (χ3n) is 5.70. The van der Waals surface area contributed by atoms with Gasteiger partial charge in [-0.1, -0.05) is 13.3 Å². The van der Waals surface area contributed by atoms with Crippen LogP contribution in [0.2, 0.25) is 0 Å². The van der Waals surface area contributed by atoms with Crippen LogP contribution in [0.4, 0.5) is 0 Å². The van der Waals surface area contributed by atoms with E-state index in [1.807, 2.05) is 19.1 Å². The number of amides is 1. The zero-order valence-corrected chi connectivity index (χ0v) is 17.6. The minimum absolute atomic E-state index is 0.0502. The molecule has 1 amide bonds. The Balaban J connectivity index is 1.56. The summed E-state index contributed by atoms with van der Waals surface area (Å²) < 4.78 is 7.04. The Bertz CT molecular complexity index is 1160. The van der Waals surface area contributed by atoms with Crippen LogP contribution >= 0.6 is 0 Å². The highest BCUT2D eigenvalue weighted by atomic mass is 16.3. The highest BCUT2D eigenvalue weighted by molar-refractivity contribution is 5.96. The standard InChI is InChI=1S/C22H27N5O4/c1-2-8-27-19-16(21(29)25-22(27)30)12-15(13-23-19)20(28)24-14-17(18-7-6-11-31-18)26-9-4-3-5-10-26/h6-7,11-13,17H,2-5,8-10,14H2,1H3,(H,24,28)(H,25,29,30). The summed E-state index contributed by atoms with van der Waals surface area (Å²) in [6.07, 6.45) is 7.24. The number of nitrogens with one attached hydrogen (secondary N) is 2. The van der Waals surface area contributed by atoms with Crippen molar-refractivity contribution in [3.63, 3.8) is 0 Å². The first-order chi connectivity index (χ1) is 15.1. The number of hydrogen-bond donors (Lipinski definition) is 2. The van der Waals surface area contributed by atoms with Crippen LogP contribution in [-0.4, -0.2) is 45.0 Å². The van der Waals surface area contributed by atoms with Gasteiger partial charge in [0.15, 0.2) is 0 Å². The Labute approximate surface area is 179 Å². The van der Waals surface area contributed by atoms with Gasteiger partial charge in [0.1, 0.15) is 11.4 Å². The van der Waals surface area contributed by atoms with Crippen molar-refractivity contribution in [2.75, 3.05) is 19.6 Å². The molecule has 9 nitrogen and oxygen atoms in total. The summed E-state index contributed by atoms with van der Waals surface area (Å²) >= 11 is 0. The number of fused-ring (bicyclic) bond motifs is 1. The van der Waals surface area contributed by atoms with Gasteiger partial charge in [-0.25, -0.2) is 9.78 Å². The zero-order valence-electron chi connectivity index (χ0n) is 17.6. The van der Waals surface area contributed by atoms with Crippen molar-refractivity contribution in [3.05, 3.63) is 62.8 Å². The molecule has 0 spiro atoms. The molecule has 9 heteroatoms. The quantitative estimate of drug-likeness (QED) is 0.599. The molecule has 31 heavy (non-hydrogen) atoms. The molecule has 4 heterocycles. The minimum Gasteiger partial charge on any atom is -0.468 e. The van der Waals surface area contributed by atoms with E-state index in [9.17, 15) is 14.4 Å². The predicted molar refractivity (Wildman–Crippen MR) is 116 cm³/mol. The maximum Gasteiger partial charge on any atom is 0.329 e. The van der Waals surface area contributed by atoms with Crippen LogP contribution < -0.4 is 16.6 Å². The van der Waals surface area contributed by atoms with E-state index >= 15 is 0 Å². The number of aryl methyl sites for hydroxylation is 1. The Morgan fingerprint density at radius 1 is 1.29 bits per heavy atom. The third kappa shape index (κ3) is 4.46. The molecule has 1 unspecified atom stereocenters. The Hall–Kier alpha value is -3.20. The number of carbonyl (C=O) groups excluding carboxylic acids is 1. The van der Waals surface area contributed by atoms with E-state index in [0.29, 0.717) is 13.1 Å². The second-order valence-corrected chi connectivity index (χ2v) is 7.84. The van der Waals surface area contributed by atoms with Gasteiger partial charge in [-0.3, -0.25) is 24.0 Å². The molecule has 3 aromatic heterocycles. The van der Waals surface area contributed by atoms with Gasteiger partial charge in [0.25, 0.3) is 11.5 Å². The number of rotatable bonds is 7. The van der Waals surface area contributed by atoms with Gasteiger partial charge in [0.05, 0.1) is 23.3 Å². The van der Waals surface area contributed by atoms with Gasteiger partial charge >= 0.3 is 5.69 Å². The maximum atomic E-state index is 12.9. The smallest absolute Gasteiger partial charge is 0.329 e. The van der Waals surface area contributed by atoms with Crippen LogP contribution in [0.3, 0.4) is 0 Å². The van der Waals surface area contributed by atoms with Crippen LogP contribution in [-0.2, 0) is 6.54 Å². The lowest BCUT2D eigenvalue weighted by molar-refractivity contribution is 0.0914. The van der Waals surface area contributed by atoms with Crippen molar-refractivity contribution in [2.24, 2.45) is 0 Å². The first-order valence-electron chi connectivity index (χ1n) is 10.8. The summed E-state index contributed by atoms with van der Waals surface area (Å²) in [6, 6.07) is 5.22. The fraction of sp³-hybridized carbons (Fsp3) is 0.455. The fourth-order valence-electron chi connectivity index (χ4n) is 4.14. The average molecular weight is 425 g/mol. The van der Waals surface area contributed by atoms with Crippen LogP contribution in [0.15, 0.2) is 44.7 Å². The molecule has 0 saturated carbocycles. The van der Waals surface area contributed by atoms with Crippen LogP contribution in [0.5, 0.6) is 0 Å². The molecule has 1 aliphatic heterocycles. The number of piperidine rings is 1. The molecule has 164 valence electrons. The normalized spacial score (nSPS) is 15.8. The number of pyridine rings is 1. The Morgan fingerprint density at radius 2 is 2.10 bits per heavy atom. The number of nitrogens with zero attached hydrogens (tertiary/aromatic N) is 3. The van der Waals surface area contributed by atoms with Gasteiger partial charge in [-0.15, -0.1) is 0 Å². The van der Waals surface area contributed by atoms with Crippen molar-refractivity contribution in [3.8, 4) is 0 Å². The van der Waals surface area contributed by atoms with Crippen LogP contribution in [0.25, 0.3) is 11.0 Å². The molecule has 2 N–H and O–H groups in total. The van der Waals surface area contributed by atoms with Gasteiger partial charge in [-0.2, -0.15) is 0 Å². The zero-order chi connectivity index (χ0) is 21.8. The summed E-state index contributed by atoms with van der Waals surface area (Å²) in [7, 11) is 0. The average Bonchev–Trinajstić information content (AvgIpc) is 3.31. The van der Waals surface area contributed by atoms with Crippen LogP contribution in [0, 0.1) is 0 Å². The summed E-state index contributed by atoms with van der Waals surface area (Å²) in [5.74, 6) is 0.495. The number of aromatic amines is 1. The molecule has 1 saturated heterocycles. The van der Waals surface area contributed by atoms with E-state index in [1.165, 1.54) is 23.3 Å². The molecule has 0 radical (unpaired) electrons. The van der Waals surface area contributed by atoms with Crippen molar-refractivity contribution < 1.29 is 9.21 Å². The molecule has 0 bridgehead atoms. The largest absolute Gasteiger partial charge is 0.468 e. The number of carbonyl (C=O) groups is 1. The van der Waals surface area contributed by atoms with Crippen molar-refractivity contribution in [1.82, 2.24) is 24.8 Å². The second kappa shape index (κ2) is 9.30. The first-order valence-corrected chi connectivity index (χ1v) is 10.8. The minimum atomic E-state index is -0.545. The number of hydrogen-bond acceptors (Lipinski definition) is 6. The summed E-state index contributed by atoms with van der Waals surface area (Å²) in [5, 5.41) is 3.18. The van der Waals surface area contributed by atoms with Crippen molar-refractivity contribution in [1.29, 1.82) is 0 Å². The molecule has 4 rings (SSSR count). The van der Waals surface area contributed by atoms with Crippen LogP contribution in [0.1, 0.15) is 54.8 Å². The summed E-state index contributed by atoms with van der Waals surface area (Å²) in [5.41, 5.74) is -0.478. The molecule has 0 aliphatic carbocycles. The van der Waals surface area contributed by atoms with E-state index in [2.05, 4.69) is 20.2 Å². The van der Waals surface area contributed by atoms with E-state index in [-0.39, 0.29) is 28.5 Å². The second-order valence-electron chi connectivity index (χ2n) is 7.84. The number of aromatic nitrogens is 3. The van der Waals surface area contributed by atoms with Crippen molar-refractivity contribution in [2.45, 2.75) is 45.2 Å². The number of furan rings is 1. The van der Waals surface area contributed by atoms with Gasteiger partial charge in [-0.05, 0) is 50.6 Å².